The van der Waals surface area contributed by atoms with Crippen LogP contribution in [0.2, 0.25) is 0 Å². The molecule has 12 rings (SSSR count). The van der Waals surface area contributed by atoms with E-state index in [4.69, 9.17) is 0 Å². The van der Waals surface area contributed by atoms with Crippen molar-refractivity contribution in [2.75, 3.05) is 9.80 Å². The van der Waals surface area contributed by atoms with Crippen molar-refractivity contribution in [2.45, 2.75) is 257 Å². The summed E-state index contributed by atoms with van der Waals surface area (Å²) in [6.07, 6.45) is 26.1. The van der Waals surface area contributed by atoms with Gasteiger partial charge in [-0.3, -0.25) is 0 Å². The van der Waals surface area contributed by atoms with Gasteiger partial charge < -0.3 is 9.80 Å². The quantitative estimate of drug-likeness (QED) is 0.0941. The Morgan fingerprint density at radius 1 is 0.256 bits per heavy atom. The van der Waals surface area contributed by atoms with Gasteiger partial charge in [-0.15, -0.1) is 0 Å². The second-order valence-electron chi connectivity index (χ2n) is 31.6. The molecule has 0 radical (unpaired) electrons. The summed E-state index contributed by atoms with van der Waals surface area (Å²) in [5.41, 5.74) is 21.6. The van der Waals surface area contributed by atoms with E-state index in [1.165, 1.54) is 217 Å². The first-order chi connectivity index (χ1) is 41.2. The largest absolute Gasteiger partial charge is 0.309 e. The fraction of sp³-hybridized carbons (Fsp3) is 0.476. The van der Waals surface area contributed by atoms with E-state index in [1.807, 2.05) is 0 Å². The van der Waals surface area contributed by atoms with Crippen LogP contribution in [0.4, 0.5) is 34.1 Å². The van der Waals surface area contributed by atoms with Crippen molar-refractivity contribution in [2.24, 2.45) is 0 Å². The highest BCUT2D eigenvalue weighted by atomic mass is 15.2. The molecule has 0 atom stereocenters. The van der Waals surface area contributed by atoms with Gasteiger partial charge in [-0.05, 0) is 207 Å². The number of hydrogen-bond acceptors (Lipinski definition) is 2. The van der Waals surface area contributed by atoms with Crippen molar-refractivity contribution < 1.29 is 0 Å². The molecule has 4 saturated carbocycles. The molecule has 0 aromatic heterocycles. The van der Waals surface area contributed by atoms with Crippen LogP contribution in [0.25, 0.3) is 32.7 Å². The molecule has 8 aromatic carbocycles. The summed E-state index contributed by atoms with van der Waals surface area (Å²) >= 11 is 0. The molecule has 2 nitrogen and oxygen atoms in total. The molecule has 0 amide bonds. The second-order valence-corrected chi connectivity index (χ2v) is 31.6. The first kappa shape index (κ1) is 60.2. The third kappa shape index (κ3) is 12.8. The third-order valence-electron chi connectivity index (χ3n) is 21.1. The molecular formula is C84H104N2. The topological polar surface area (TPSA) is 6.48 Å². The Labute approximate surface area is 520 Å². The number of anilines is 6. The summed E-state index contributed by atoms with van der Waals surface area (Å²) in [7, 11) is 0. The summed E-state index contributed by atoms with van der Waals surface area (Å²) in [5.74, 6) is 2.28. The number of hydrogen-bond donors (Lipinski definition) is 0. The molecular weight excluding hydrogens is 1040 g/mol. The minimum Gasteiger partial charge on any atom is -0.309 e. The Morgan fingerprint density at radius 3 is 0.872 bits per heavy atom. The van der Waals surface area contributed by atoms with Gasteiger partial charge in [0, 0.05) is 44.3 Å². The van der Waals surface area contributed by atoms with E-state index >= 15 is 0 Å². The summed E-state index contributed by atoms with van der Waals surface area (Å²) in [4.78, 5) is 5.60. The Bertz CT molecular complexity index is 3530. The zero-order valence-electron chi connectivity index (χ0n) is 55.2. The van der Waals surface area contributed by atoms with E-state index in [2.05, 4.69) is 238 Å². The number of fused-ring (bicyclic) bond motifs is 2. The average Bonchev–Trinajstić information content (AvgIpc) is 0.744. The highest BCUT2D eigenvalue weighted by molar-refractivity contribution is 6.24. The van der Waals surface area contributed by atoms with Crippen molar-refractivity contribution in [3.8, 4) is 11.1 Å². The highest BCUT2D eigenvalue weighted by Crippen LogP contribution is 2.55. The predicted octanol–water partition coefficient (Wildman–Crippen LogP) is 26.0. The van der Waals surface area contributed by atoms with E-state index in [0.717, 1.165) is 0 Å². The first-order valence-corrected chi connectivity index (χ1v) is 34.4. The molecule has 450 valence electrons. The number of benzene rings is 8. The van der Waals surface area contributed by atoms with Crippen LogP contribution in [0.3, 0.4) is 0 Å². The molecule has 0 unspecified atom stereocenters. The van der Waals surface area contributed by atoms with Crippen molar-refractivity contribution in [1.82, 2.24) is 0 Å². The van der Waals surface area contributed by atoms with Crippen LogP contribution in [0.15, 0.2) is 146 Å². The van der Waals surface area contributed by atoms with Gasteiger partial charge in [0.1, 0.15) is 0 Å². The standard InChI is InChI=1S/C84H104N2/c1-81(2,3)67-51-68(82(4,5)6)54-73(53-67)85(71-46-63(58-32-20-14-21-33-58)44-64(47-71)59-34-22-15-23-35-59)79-75-40-28-29-41-76(75)80(78-50-62(42-43-77(78)79)57-30-18-13-19-31-57)86(74-55-69(83(7,8)9)52-70(56-74)84(10,11)12)72-48-65(60-36-24-16-25-37-60)45-66(49-72)61-38-26-17-27-39-61/h13,18-19,28-31,40-56,58-61H,14-17,20-27,32-39H2,1-12H3. The van der Waals surface area contributed by atoms with Crippen LogP contribution < -0.4 is 9.80 Å². The number of rotatable bonds is 11. The molecule has 2 heteroatoms. The Balaban J connectivity index is 1.25. The lowest BCUT2D eigenvalue weighted by Gasteiger charge is -2.37. The van der Waals surface area contributed by atoms with Gasteiger partial charge in [0.2, 0.25) is 0 Å². The Kier molecular flexibility index (Phi) is 17.1. The maximum Gasteiger partial charge on any atom is 0.0620 e. The Hall–Kier alpha value is -6.12. The fourth-order valence-corrected chi connectivity index (χ4v) is 15.7. The lowest BCUT2D eigenvalue weighted by molar-refractivity contribution is 0.435. The van der Waals surface area contributed by atoms with Gasteiger partial charge in [0.15, 0.2) is 0 Å². The molecule has 8 aromatic rings. The summed E-state index contributed by atoms with van der Waals surface area (Å²) < 4.78 is 0. The van der Waals surface area contributed by atoms with E-state index in [0.29, 0.717) is 23.7 Å². The highest BCUT2D eigenvalue weighted by Gasteiger charge is 2.33. The van der Waals surface area contributed by atoms with E-state index < -0.39 is 0 Å². The monoisotopic (exact) mass is 1140 g/mol. The summed E-state index contributed by atoms with van der Waals surface area (Å²) in [5, 5.41) is 5.13. The Morgan fingerprint density at radius 2 is 0.547 bits per heavy atom. The van der Waals surface area contributed by atoms with Crippen molar-refractivity contribution >= 4 is 55.7 Å². The smallest absolute Gasteiger partial charge is 0.0620 e. The lowest BCUT2D eigenvalue weighted by atomic mass is 9.79. The first-order valence-electron chi connectivity index (χ1n) is 34.4. The van der Waals surface area contributed by atoms with Gasteiger partial charge in [0.05, 0.1) is 11.4 Å². The van der Waals surface area contributed by atoms with Gasteiger partial charge in [-0.1, -0.05) is 251 Å². The maximum atomic E-state index is 2.81. The van der Waals surface area contributed by atoms with Crippen molar-refractivity contribution in [3.05, 3.63) is 190 Å². The zero-order chi connectivity index (χ0) is 60.1. The maximum absolute atomic E-state index is 2.81. The van der Waals surface area contributed by atoms with Crippen LogP contribution in [0, 0.1) is 0 Å². The molecule has 86 heavy (non-hydrogen) atoms. The van der Waals surface area contributed by atoms with Gasteiger partial charge >= 0.3 is 0 Å². The van der Waals surface area contributed by atoms with Gasteiger partial charge in [-0.2, -0.15) is 0 Å². The molecule has 4 aliphatic rings. The normalized spacial score (nSPS) is 17.6. The molecule has 0 saturated heterocycles. The van der Waals surface area contributed by atoms with E-state index in [-0.39, 0.29) is 21.7 Å². The molecule has 4 aliphatic carbocycles. The molecule has 0 N–H and O–H groups in total. The molecule has 0 bridgehead atoms. The minimum atomic E-state index is -0.0794. The van der Waals surface area contributed by atoms with Crippen LogP contribution >= 0.6 is 0 Å². The van der Waals surface area contributed by atoms with Gasteiger partial charge in [-0.25, -0.2) is 0 Å². The fourth-order valence-electron chi connectivity index (χ4n) is 15.7. The van der Waals surface area contributed by atoms with Crippen LogP contribution in [0.1, 0.15) is 280 Å². The van der Waals surface area contributed by atoms with Crippen molar-refractivity contribution in [3.63, 3.8) is 0 Å². The van der Waals surface area contributed by atoms with Crippen LogP contribution in [-0.4, -0.2) is 0 Å². The van der Waals surface area contributed by atoms with E-state index in [9.17, 15) is 0 Å². The van der Waals surface area contributed by atoms with E-state index in [1.54, 1.807) is 22.3 Å². The minimum absolute atomic E-state index is 0.0753. The second kappa shape index (κ2) is 24.5. The predicted molar refractivity (Wildman–Crippen MR) is 374 cm³/mol. The molecule has 0 heterocycles. The van der Waals surface area contributed by atoms with Crippen molar-refractivity contribution in [1.29, 1.82) is 0 Å². The third-order valence-corrected chi connectivity index (χ3v) is 21.1. The molecule has 0 aliphatic heterocycles. The summed E-state index contributed by atoms with van der Waals surface area (Å²) in [6, 6.07) is 60.0. The van der Waals surface area contributed by atoms with Gasteiger partial charge in [0.25, 0.3) is 0 Å². The summed E-state index contributed by atoms with van der Waals surface area (Å²) in [6.45, 7) is 29.0. The van der Waals surface area contributed by atoms with Crippen LogP contribution in [-0.2, 0) is 21.7 Å². The lowest BCUT2D eigenvalue weighted by Crippen LogP contribution is -2.21. The average molecular weight is 1140 g/mol. The van der Waals surface area contributed by atoms with Crippen LogP contribution in [0.5, 0.6) is 0 Å². The molecule has 0 spiro atoms. The zero-order valence-corrected chi connectivity index (χ0v) is 55.2. The SMILES string of the molecule is CC(C)(C)c1cc(N(c2cc(C3CCCCC3)cc(C3CCCCC3)c2)c2c3ccccc3c(N(c3cc(C4CCCCC4)cc(C4CCCCC4)c3)c3cc(C(C)(C)C)cc(C(C)(C)C)c3)c3cc(-c4ccccc4)ccc23)cc(C(C)(C)C)c1. The molecule has 4 fully saturated rings. The number of nitrogens with zero attached hydrogens (tertiary/aromatic N) is 2.